The molecule has 162 valence electrons. The van der Waals surface area contributed by atoms with Crippen molar-refractivity contribution < 1.29 is 4.79 Å². The lowest BCUT2D eigenvalue weighted by atomic mass is 9.98. The van der Waals surface area contributed by atoms with Crippen LogP contribution >= 0.6 is 11.3 Å². The third-order valence-electron chi connectivity index (χ3n) is 6.13. The summed E-state index contributed by atoms with van der Waals surface area (Å²) >= 11 is 1.58. The van der Waals surface area contributed by atoms with E-state index in [0.29, 0.717) is 11.1 Å². The number of nitrogens with one attached hydrogen (secondary N) is 1. The van der Waals surface area contributed by atoms with Gasteiger partial charge in [0.15, 0.2) is 5.78 Å². The number of fused-ring (bicyclic) bond motifs is 2. The number of benzene rings is 1. The lowest BCUT2D eigenvalue weighted by Crippen LogP contribution is -2.25. The molecule has 1 atom stereocenters. The monoisotopic (exact) mass is 436 g/mol. The number of carbonyl (C=O) groups excluding carboxylic acids is 1. The van der Waals surface area contributed by atoms with Crippen molar-refractivity contribution in [3.05, 3.63) is 63.8 Å². The van der Waals surface area contributed by atoms with Gasteiger partial charge < -0.3 is 10.2 Å². The van der Waals surface area contributed by atoms with Gasteiger partial charge in [-0.15, -0.1) is 11.3 Å². The first-order valence-electron chi connectivity index (χ1n) is 11.0. The molecule has 4 rings (SSSR count). The number of carbonyl (C=O) groups is 1. The molecule has 7 heteroatoms. The lowest BCUT2D eigenvalue weighted by molar-refractivity contribution is 0.104. The molecule has 1 aromatic carbocycles. The SMILES string of the molecule is CCN(CC)CCCNc1sc2cnccc2c1C(=O)c1ccc2c(c1)CCC2N=O. The van der Waals surface area contributed by atoms with Gasteiger partial charge in [-0.25, -0.2) is 0 Å². The number of anilines is 1. The first-order valence-corrected chi connectivity index (χ1v) is 11.8. The van der Waals surface area contributed by atoms with E-state index in [0.717, 1.165) is 71.7 Å². The number of hydrogen-bond acceptors (Lipinski definition) is 7. The van der Waals surface area contributed by atoms with Crippen LogP contribution in [0.2, 0.25) is 0 Å². The first-order chi connectivity index (χ1) is 15.2. The Balaban J connectivity index is 1.60. The highest BCUT2D eigenvalue weighted by Gasteiger charge is 2.26. The number of hydrogen-bond donors (Lipinski definition) is 1. The zero-order valence-corrected chi connectivity index (χ0v) is 18.9. The van der Waals surface area contributed by atoms with E-state index in [2.05, 4.69) is 34.2 Å². The summed E-state index contributed by atoms with van der Waals surface area (Å²) in [5.74, 6) is 0.00834. The summed E-state index contributed by atoms with van der Waals surface area (Å²) in [7, 11) is 0. The van der Waals surface area contributed by atoms with E-state index in [-0.39, 0.29) is 11.8 Å². The van der Waals surface area contributed by atoms with Crippen molar-refractivity contribution in [2.24, 2.45) is 5.18 Å². The third-order valence-corrected chi connectivity index (χ3v) is 7.23. The molecule has 1 aliphatic carbocycles. The van der Waals surface area contributed by atoms with E-state index in [1.54, 1.807) is 17.5 Å². The van der Waals surface area contributed by atoms with Crippen molar-refractivity contribution in [2.45, 2.75) is 39.2 Å². The van der Waals surface area contributed by atoms with Gasteiger partial charge in [0.25, 0.3) is 0 Å². The molecule has 6 nitrogen and oxygen atoms in total. The molecular formula is C24H28N4O2S. The van der Waals surface area contributed by atoms with E-state index in [9.17, 15) is 9.70 Å². The Morgan fingerprint density at radius 3 is 2.90 bits per heavy atom. The summed E-state index contributed by atoms with van der Waals surface area (Å²) in [5, 5.41) is 8.57. The zero-order valence-electron chi connectivity index (χ0n) is 18.1. The standard InChI is InChI=1S/C24H28N4O2S/c1-3-28(4-2)13-5-11-26-24-22(19-10-12-25-15-21(19)31-24)23(29)17-6-8-18-16(14-17)7-9-20(18)27-30/h6,8,10,12,14-15,20,26H,3-5,7,9,11,13H2,1-2H3. The molecule has 0 radical (unpaired) electrons. The number of rotatable bonds is 10. The molecule has 3 aromatic rings. The molecular weight excluding hydrogens is 408 g/mol. The first kappa shape index (κ1) is 21.6. The number of ketones is 1. The Morgan fingerprint density at radius 1 is 1.29 bits per heavy atom. The summed E-state index contributed by atoms with van der Waals surface area (Å²) in [5.41, 5.74) is 3.40. The molecule has 0 bridgehead atoms. The van der Waals surface area contributed by atoms with Crippen LogP contribution in [0.5, 0.6) is 0 Å². The van der Waals surface area contributed by atoms with Crippen LogP contribution in [0.25, 0.3) is 10.1 Å². The van der Waals surface area contributed by atoms with E-state index >= 15 is 0 Å². The molecule has 1 aliphatic rings. The average Bonchev–Trinajstić information content (AvgIpc) is 3.39. The Kier molecular flexibility index (Phi) is 6.73. The van der Waals surface area contributed by atoms with E-state index in [1.807, 2.05) is 30.5 Å². The van der Waals surface area contributed by atoms with Crippen LogP contribution < -0.4 is 5.32 Å². The van der Waals surface area contributed by atoms with Crippen molar-refractivity contribution in [1.29, 1.82) is 0 Å². The molecule has 0 spiro atoms. The quantitative estimate of drug-likeness (QED) is 0.261. The minimum atomic E-state index is -0.282. The van der Waals surface area contributed by atoms with Crippen LogP contribution in [-0.2, 0) is 6.42 Å². The second-order valence-corrected chi connectivity index (χ2v) is 8.94. The summed E-state index contributed by atoms with van der Waals surface area (Å²) in [6.07, 6.45) is 6.08. The molecule has 1 N–H and O–H groups in total. The van der Waals surface area contributed by atoms with Gasteiger partial charge in [-0.1, -0.05) is 31.2 Å². The number of thiophene rings is 1. The summed E-state index contributed by atoms with van der Waals surface area (Å²) in [6.45, 7) is 8.30. The smallest absolute Gasteiger partial charge is 0.196 e. The maximum absolute atomic E-state index is 13.6. The van der Waals surface area contributed by atoms with Crippen molar-refractivity contribution in [1.82, 2.24) is 9.88 Å². The fourth-order valence-corrected chi connectivity index (χ4v) is 5.43. The zero-order chi connectivity index (χ0) is 21.8. The van der Waals surface area contributed by atoms with Crippen LogP contribution in [0, 0.1) is 4.91 Å². The molecule has 0 fully saturated rings. The van der Waals surface area contributed by atoms with Gasteiger partial charge >= 0.3 is 0 Å². The number of nitroso groups, excluding NO2 is 1. The van der Waals surface area contributed by atoms with E-state index in [1.165, 1.54) is 0 Å². The van der Waals surface area contributed by atoms with Gasteiger partial charge in [-0.2, -0.15) is 4.91 Å². The van der Waals surface area contributed by atoms with Crippen molar-refractivity contribution in [3.8, 4) is 0 Å². The minimum absolute atomic E-state index is 0.00834. The van der Waals surface area contributed by atoms with Gasteiger partial charge in [0.1, 0.15) is 11.0 Å². The maximum atomic E-state index is 13.6. The van der Waals surface area contributed by atoms with Crippen molar-refractivity contribution in [3.63, 3.8) is 0 Å². The highest BCUT2D eigenvalue weighted by atomic mass is 32.1. The van der Waals surface area contributed by atoms with Gasteiger partial charge in [-0.3, -0.25) is 9.78 Å². The number of nitrogens with zero attached hydrogens (tertiary/aromatic N) is 3. The molecule has 31 heavy (non-hydrogen) atoms. The number of aryl methyl sites for hydroxylation is 1. The molecule has 2 aromatic heterocycles. The van der Waals surface area contributed by atoms with E-state index < -0.39 is 0 Å². The molecule has 2 heterocycles. The molecule has 0 saturated carbocycles. The second-order valence-electron chi connectivity index (χ2n) is 7.89. The largest absolute Gasteiger partial charge is 0.376 e. The topological polar surface area (TPSA) is 74.7 Å². The van der Waals surface area contributed by atoms with Gasteiger partial charge in [0.2, 0.25) is 0 Å². The van der Waals surface area contributed by atoms with Gasteiger partial charge in [-0.05, 0) is 62.2 Å². The van der Waals surface area contributed by atoms with Crippen LogP contribution in [0.4, 0.5) is 5.00 Å². The summed E-state index contributed by atoms with van der Waals surface area (Å²) in [6, 6.07) is 7.31. The average molecular weight is 437 g/mol. The highest BCUT2D eigenvalue weighted by molar-refractivity contribution is 7.23. The number of pyridine rings is 1. The van der Waals surface area contributed by atoms with Gasteiger partial charge in [0, 0.05) is 29.9 Å². The Morgan fingerprint density at radius 2 is 2.13 bits per heavy atom. The van der Waals surface area contributed by atoms with Crippen LogP contribution in [0.1, 0.15) is 59.8 Å². The Labute approximate surface area is 186 Å². The fourth-order valence-electron chi connectivity index (χ4n) is 4.34. The summed E-state index contributed by atoms with van der Waals surface area (Å²) < 4.78 is 1.00. The summed E-state index contributed by atoms with van der Waals surface area (Å²) in [4.78, 5) is 31.2. The normalized spacial score (nSPS) is 15.4. The van der Waals surface area contributed by atoms with Crippen LogP contribution in [0.15, 0.2) is 41.8 Å². The fraction of sp³-hybridized carbons (Fsp3) is 0.417. The highest BCUT2D eigenvalue weighted by Crippen LogP contribution is 2.38. The van der Waals surface area contributed by atoms with Crippen LogP contribution in [-0.4, -0.2) is 41.8 Å². The van der Waals surface area contributed by atoms with Crippen LogP contribution in [0.3, 0.4) is 0 Å². The molecule has 0 aliphatic heterocycles. The lowest BCUT2D eigenvalue weighted by Gasteiger charge is -2.17. The van der Waals surface area contributed by atoms with E-state index in [4.69, 9.17) is 0 Å². The van der Waals surface area contributed by atoms with Gasteiger partial charge in [0.05, 0.1) is 10.3 Å². The van der Waals surface area contributed by atoms with Crippen molar-refractivity contribution in [2.75, 3.05) is 31.5 Å². The minimum Gasteiger partial charge on any atom is -0.376 e. The second kappa shape index (κ2) is 9.66. The number of aromatic nitrogens is 1. The third kappa shape index (κ3) is 4.38. The molecule has 1 unspecified atom stereocenters. The van der Waals surface area contributed by atoms with Crippen molar-refractivity contribution >= 4 is 32.2 Å². The predicted molar refractivity (Wildman–Crippen MR) is 127 cm³/mol. The maximum Gasteiger partial charge on any atom is 0.196 e. The Hall–Kier alpha value is -2.64. The molecule has 0 amide bonds. The Bertz CT molecular complexity index is 1090. The predicted octanol–water partition coefficient (Wildman–Crippen LogP) is 5.42. The molecule has 0 saturated heterocycles.